The molecule has 3 aromatic rings. The minimum atomic E-state index is -0.332. The Labute approximate surface area is 132 Å². The van der Waals surface area contributed by atoms with Crippen LogP contribution in [0.5, 0.6) is 11.5 Å². The molecule has 23 heavy (non-hydrogen) atoms. The predicted molar refractivity (Wildman–Crippen MR) is 83.3 cm³/mol. The first kappa shape index (κ1) is 14.6. The second-order valence-corrected chi connectivity index (χ2v) is 4.67. The van der Waals surface area contributed by atoms with Gasteiger partial charge in [0.05, 0.1) is 12.4 Å². The normalized spacial score (nSPS) is 10.1. The Hall–Kier alpha value is -3.35. The number of aryl methyl sites for hydroxylation is 1. The molecule has 0 radical (unpaired) electrons. The van der Waals surface area contributed by atoms with E-state index < -0.39 is 0 Å². The van der Waals surface area contributed by atoms with Crippen molar-refractivity contribution < 1.29 is 9.53 Å². The topological polar surface area (TPSA) is 89.9 Å². The van der Waals surface area contributed by atoms with Gasteiger partial charge in [-0.1, -0.05) is 6.07 Å². The van der Waals surface area contributed by atoms with Gasteiger partial charge in [-0.25, -0.2) is 19.9 Å². The van der Waals surface area contributed by atoms with Crippen molar-refractivity contribution in [1.82, 2.24) is 19.9 Å². The molecular formula is C16H13N5O2. The van der Waals surface area contributed by atoms with E-state index in [4.69, 9.17) is 4.74 Å². The van der Waals surface area contributed by atoms with Gasteiger partial charge < -0.3 is 10.1 Å². The molecule has 0 fully saturated rings. The van der Waals surface area contributed by atoms with Crippen LogP contribution in [0.1, 0.15) is 16.2 Å². The first-order valence-electron chi connectivity index (χ1n) is 6.84. The Morgan fingerprint density at radius 1 is 1.13 bits per heavy atom. The smallest absolute Gasteiger partial charge is 0.275 e. The van der Waals surface area contributed by atoms with Gasteiger partial charge in [-0.2, -0.15) is 0 Å². The van der Waals surface area contributed by atoms with Crippen molar-refractivity contribution in [3.8, 4) is 11.5 Å². The summed E-state index contributed by atoms with van der Waals surface area (Å²) in [5, 5.41) is 2.69. The van der Waals surface area contributed by atoms with Crippen molar-refractivity contribution in [2.45, 2.75) is 6.92 Å². The summed E-state index contributed by atoms with van der Waals surface area (Å²) < 4.78 is 5.59. The molecule has 0 spiro atoms. The van der Waals surface area contributed by atoms with Crippen molar-refractivity contribution in [2.75, 3.05) is 5.32 Å². The SMILES string of the molecule is Cc1cccc(C(=O)Nc2cc(Oc3cncnc3)ccn2)n1. The molecule has 3 rings (SSSR count). The van der Waals surface area contributed by atoms with E-state index in [1.54, 1.807) is 42.9 Å². The Morgan fingerprint density at radius 3 is 2.74 bits per heavy atom. The molecule has 7 heteroatoms. The van der Waals surface area contributed by atoms with Gasteiger partial charge in [0.2, 0.25) is 0 Å². The Morgan fingerprint density at radius 2 is 1.96 bits per heavy atom. The van der Waals surface area contributed by atoms with E-state index in [1.807, 2.05) is 13.0 Å². The summed E-state index contributed by atoms with van der Waals surface area (Å²) in [4.78, 5) is 28.2. The lowest BCUT2D eigenvalue weighted by Gasteiger charge is -2.07. The molecule has 0 aromatic carbocycles. The number of nitrogens with zero attached hydrogens (tertiary/aromatic N) is 4. The Kier molecular flexibility index (Phi) is 4.19. The number of nitrogens with one attached hydrogen (secondary N) is 1. The fraction of sp³-hybridized carbons (Fsp3) is 0.0625. The molecule has 0 aliphatic carbocycles. The number of amides is 1. The average molecular weight is 307 g/mol. The van der Waals surface area contributed by atoms with Crippen molar-refractivity contribution in [1.29, 1.82) is 0 Å². The van der Waals surface area contributed by atoms with Crippen molar-refractivity contribution in [3.63, 3.8) is 0 Å². The number of anilines is 1. The number of aromatic nitrogens is 4. The standard InChI is InChI=1S/C16H13N5O2/c1-11-3-2-4-14(20-11)16(22)21-15-7-12(5-6-19-15)23-13-8-17-10-18-9-13/h2-10H,1H3,(H,19,21,22). The third-order valence-electron chi connectivity index (χ3n) is 2.87. The molecule has 114 valence electrons. The number of hydrogen-bond donors (Lipinski definition) is 1. The highest BCUT2D eigenvalue weighted by molar-refractivity contribution is 6.02. The molecule has 3 heterocycles. The lowest BCUT2D eigenvalue weighted by Crippen LogP contribution is -2.14. The van der Waals surface area contributed by atoms with E-state index in [0.717, 1.165) is 5.69 Å². The molecule has 3 aromatic heterocycles. The van der Waals surface area contributed by atoms with Crippen LogP contribution >= 0.6 is 0 Å². The molecule has 0 saturated carbocycles. The highest BCUT2D eigenvalue weighted by Gasteiger charge is 2.09. The number of rotatable bonds is 4. The first-order chi connectivity index (χ1) is 11.2. The number of carbonyl (C=O) groups excluding carboxylic acids is 1. The number of pyridine rings is 2. The van der Waals surface area contributed by atoms with Crippen molar-refractivity contribution >= 4 is 11.7 Å². The molecule has 7 nitrogen and oxygen atoms in total. The van der Waals surface area contributed by atoms with E-state index in [0.29, 0.717) is 23.0 Å². The van der Waals surface area contributed by atoms with Gasteiger partial charge in [0.1, 0.15) is 23.6 Å². The van der Waals surface area contributed by atoms with Gasteiger partial charge in [0.25, 0.3) is 5.91 Å². The maximum absolute atomic E-state index is 12.2. The Balaban J connectivity index is 1.74. The highest BCUT2D eigenvalue weighted by atomic mass is 16.5. The first-order valence-corrected chi connectivity index (χ1v) is 6.84. The number of ether oxygens (including phenoxy) is 1. The summed E-state index contributed by atoms with van der Waals surface area (Å²) in [7, 11) is 0. The van der Waals surface area contributed by atoms with Gasteiger partial charge in [-0.15, -0.1) is 0 Å². The third kappa shape index (κ3) is 3.85. The second kappa shape index (κ2) is 6.61. The summed E-state index contributed by atoms with van der Waals surface area (Å²) >= 11 is 0. The molecule has 0 atom stereocenters. The zero-order chi connectivity index (χ0) is 16.1. The van der Waals surface area contributed by atoms with Crippen molar-refractivity contribution in [2.24, 2.45) is 0 Å². The lowest BCUT2D eigenvalue weighted by atomic mass is 10.3. The average Bonchev–Trinajstić information content (AvgIpc) is 2.56. The van der Waals surface area contributed by atoms with E-state index in [9.17, 15) is 4.79 Å². The quantitative estimate of drug-likeness (QED) is 0.797. The summed E-state index contributed by atoms with van der Waals surface area (Å²) in [5.74, 6) is 1.05. The summed E-state index contributed by atoms with van der Waals surface area (Å²) in [6.07, 6.45) is 6.04. The van der Waals surface area contributed by atoms with Crippen LogP contribution in [0.25, 0.3) is 0 Å². The molecule has 0 saturated heterocycles. The van der Waals surface area contributed by atoms with E-state index in [2.05, 4.69) is 25.3 Å². The number of hydrogen-bond acceptors (Lipinski definition) is 6. The third-order valence-corrected chi connectivity index (χ3v) is 2.87. The van der Waals surface area contributed by atoms with Crippen LogP contribution in [0.2, 0.25) is 0 Å². The zero-order valence-corrected chi connectivity index (χ0v) is 12.3. The van der Waals surface area contributed by atoms with Gasteiger partial charge in [-0.05, 0) is 25.1 Å². The molecule has 0 aliphatic rings. The fourth-order valence-electron chi connectivity index (χ4n) is 1.87. The molecule has 0 bridgehead atoms. The minimum Gasteiger partial charge on any atom is -0.454 e. The molecular weight excluding hydrogens is 294 g/mol. The fourth-order valence-corrected chi connectivity index (χ4v) is 1.87. The molecule has 1 N–H and O–H groups in total. The van der Waals surface area contributed by atoms with Crippen LogP contribution in [0, 0.1) is 6.92 Å². The van der Waals surface area contributed by atoms with Crippen LogP contribution in [-0.2, 0) is 0 Å². The largest absolute Gasteiger partial charge is 0.454 e. The van der Waals surface area contributed by atoms with Crippen LogP contribution < -0.4 is 10.1 Å². The lowest BCUT2D eigenvalue weighted by molar-refractivity contribution is 0.102. The Bertz CT molecular complexity index is 823. The molecule has 0 unspecified atom stereocenters. The summed E-state index contributed by atoms with van der Waals surface area (Å²) in [6, 6.07) is 8.53. The van der Waals surface area contributed by atoms with Gasteiger partial charge in [0.15, 0.2) is 5.75 Å². The maximum Gasteiger partial charge on any atom is 0.275 e. The molecule has 1 amide bonds. The van der Waals surface area contributed by atoms with Crippen molar-refractivity contribution in [3.05, 3.63) is 66.6 Å². The highest BCUT2D eigenvalue weighted by Crippen LogP contribution is 2.21. The summed E-state index contributed by atoms with van der Waals surface area (Å²) in [6.45, 7) is 1.82. The van der Waals surface area contributed by atoms with Gasteiger partial charge in [0, 0.05) is 18.0 Å². The van der Waals surface area contributed by atoms with E-state index in [1.165, 1.54) is 6.33 Å². The van der Waals surface area contributed by atoms with Crippen LogP contribution in [0.4, 0.5) is 5.82 Å². The second-order valence-electron chi connectivity index (χ2n) is 4.67. The predicted octanol–water partition coefficient (Wildman–Crippen LogP) is 2.62. The van der Waals surface area contributed by atoms with E-state index in [-0.39, 0.29) is 5.91 Å². The van der Waals surface area contributed by atoms with Gasteiger partial charge >= 0.3 is 0 Å². The summed E-state index contributed by atoms with van der Waals surface area (Å²) in [5.41, 5.74) is 1.10. The van der Waals surface area contributed by atoms with Crippen LogP contribution in [0.3, 0.4) is 0 Å². The van der Waals surface area contributed by atoms with E-state index >= 15 is 0 Å². The van der Waals surface area contributed by atoms with Gasteiger partial charge in [-0.3, -0.25) is 4.79 Å². The molecule has 0 aliphatic heterocycles. The monoisotopic (exact) mass is 307 g/mol. The number of carbonyl (C=O) groups is 1. The van der Waals surface area contributed by atoms with Crippen LogP contribution in [0.15, 0.2) is 55.2 Å². The minimum absolute atomic E-state index is 0.328. The zero-order valence-electron chi connectivity index (χ0n) is 12.3. The maximum atomic E-state index is 12.2. The van der Waals surface area contributed by atoms with Crippen LogP contribution in [-0.4, -0.2) is 25.8 Å².